The van der Waals surface area contributed by atoms with Crippen molar-refractivity contribution in [2.24, 2.45) is 11.3 Å². The molecule has 1 aliphatic carbocycles. The Balaban J connectivity index is 2.42. The number of hydrogen-bond donors (Lipinski definition) is 1. The van der Waals surface area contributed by atoms with Crippen LogP contribution in [0.15, 0.2) is 0 Å². The number of methoxy groups -OCH3 is 1. The monoisotopic (exact) mass is 158 g/mol. The van der Waals surface area contributed by atoms with Gasteiger partial charge in [0.2, 0.25) is 0 Å². The summed E-state index contributed by atoms with van der Waals surface area (Å²) in [5.41, 5.74) is -0.294. The Kier molecular flexibility index (Phi) is 2.18. The number of aliphatic hydroxyl groups excluding tert-OH is 1. The molecule has 3 heteroatoms. The Morgan fingerprint density at radius 2 is 2.45 bits per heavy atom. The van der Waals surface area contributed by atoms with Gasteiger partial charge in [-0.05, 0) is 25.7 Å². The minimum Gasteiger partial charge on any atom is -0.469 e. The first-order valence-electron chi connectivity index (χ1n) is 3.84. The van der Waals surface area contributed by atoms with Gasteiger partial charge in [-0.25, -0.2) is 0 Å². The van der Waals surface area contributed by atoms with Crippen LogP contribution in [0.3, 0.4) is 0 Å². The summed E-state index contributed by atoms with van der Waals surface area (Å²) in [5.74, 6) is 0.191. The summed E-state index contributed by atoms with van der Waals surface area (Å²) < 4.78 is 4.63. The van der Waals surface area contributed by atoms with Crippen LogP contribution >= 0.6 is 0 Å². The van der Waals surface area contributed by atoms with Crippen molar-refractivity contribution < 1.29 is 14.6 Å². The molecule has 0 bridgehead atoms. The Labute approximate surface area is 66.4 Å². The molecule has 0 saturated heterocycles. The van der Waals surface area contributed by atoms with Crippen LogP contribution in [-0.4, -0.2) is 24.8 Å². The van der Waals surface area contributed by atoms with Crippen molar-refractivity contribution in [3.8, 4) is 0 Å². The van der Waals surface area contributed by atoms with Gasteiger partial charge in [0.1, 0.15) is 0 Å². The van der Waals surface area contributed by atoms with E-state index in [0.717, 1.165) is 6.42 Å². The summed E-state index contributed by atoms with van der Waals surface area (Å²) >= 11 is 0. The summed E-state index contributed by atoms with van der Waals surface area (Å²) in [7, 11) is 1.40. The van der Waals surface area contributed by atoms with E-state index in [4.69, 9.17) is 5.11 Å². The molecule has 11 heavy (non-hydrogen) atoms. The molecule has 0 unspecified atom stereocenters. The fourth-order valence-electron chi connectivity index (χ4n) is 1.51. The first-order chi connectivity index (χ1) is 5.15. The Morgan fingerprint density at radius 3 is 2.91 bits per heavy atom. The molecule has 0 aromatic carbocycles. The van der Waals surface area contributed by atoms with Crippen LogP contribution in [0.4, 0.5) is 0 Å². The van der Waals surface area contributed by atoms with Crippen molar-refractivity contribution in [3.63, 3.8) is 0 Å². The largest absolute Gasteiger partial charge is 0.469 e. The van der Waals surface area contributed by atoms with Crippen LogP contribution in [0.2, 0.25) is 0 Å². The second-order valence-electron chi connectivity index (χ2n) is 3.32. The van der Waals surface area contributed by atoms with E-state index < -0.39 is 0 Å². The highest BCUT2D eigenvalue weighted by molar-refractivity contribution is 5.79. The summed E-state index contributed by atoms with van der Waals surface area (Å²) in [5, 5.41) is 8.61. The highest BCUT2D eigenvalue weighted by Gasteiger charge is 2.56. The molecule has 1 fully saturated rings. The number of carbonyl (C=O) groups is 1. The van der Waals surface area contributed by atoms with E-state index in [2.05, 4.69) is 4.74 Å². The maximum atomic E-state index is 11.1. The predicted molar refractivity (Wildman–Crippen MR) is 39.9 cm³/mol. The van der Waals surface area contributed by atoms with Crippen molar-refractivity contribution in [2.45, 2.75) is 19.8 Å². The molecule has 0 spiro atoms. The predicted octanol–water partition coefficient (Wildman–Crippen LogP) is 0.568. The summed E-state index contributed by atoms with van der Waals surface area (Å²) in [4.78, 5) is 11.1. The van der Waals surface area contributed by atoms with Gasteiger partial charge in [0.05, 0.1) is 12.5 Å². The second kappa shape index (κ2) is 2.81. The average Bonchev–Trinajstić information content (AvgIpc) is 2.63. The molecule has 2 atom stereocenters. The minimum absolute atomic E-state index is 0.143. The lowest BCUT2D eigenvalue weighted by Gasteiger charge is -2.06. The van der Waals surface area contributed by atoms with Crippen LogP contribution in [0.1, 0.15) is 19.8 Å². The zero-order valence-electron chi connectivity index (χ0n) is 6.96. The van der Waals surface area contributed by atoms with Crippen LogP contribution in [0.25, 0.3) is 0 Å². The van der Waals surface area contributed by atoms with E-state index in [0.29, 0.717) is 12.3 Å². The van der Waals surface area contributed by atoms with Gasteiger partial charge in [-0.1, -0.05) is 0 Å². The smallest absolute Gasteiger partial charge is 0.311 e. The highest BCUT2D eigenvalue weighted by atomic mass is 16.5. The standard InChI is InChI=1S/C8H14O3/c1-8(7(10)11-2)5-6(8)3-4-9/h6,9H,3-5H2,1-2H3/t6-,8+/m1/s1. The molecule has 0 radical (unpaired) electrons. The molecule has 0 aromatic heterocycles. The maximum Gasteiger partial charge on any atom is 0.311 e. The molecular weight excluding hydrogens is 144 g/mol. The van der Waals surface area contributed by atoms with Crippen LogP contribution < -0.4 is 0 Å². The van der Waals surface area contributed by atoms with Crippen LogP contribution in [-0.2, 0) is 9.53 Å². The first kappa shape index (κ1) is 8.53. The number of esters is 1. The zero-order chi connectivity index (χ0) is 8.48. The Bertz CT molecular complexity index is 167. The summed E-state index contributed by atoms with van der Waals surface area (Å²) in [6, 6.07) is 0. The zero-order valence-corrected chi connectivity index (χ0v) is 6.96. The van der Waals surface area contributed by atoms with Gasteiger partial charge in [0.15, 0.2) is 0 Å². The van der Waals surface area contributed by atoms with Gasteiger partial charge in [-0.15, -0.1) is 0 Å². The third-order valence-corrected chi connectivity index (χ3v) is 2.54. The van der Waals surface area contributed by atoms with Crippen LogP contribution in [0, 0.1) is 11.3 Å². The normalized spacial score (nSPS) is 35.0. The summed E-state index contributed by atoms with van der Waals surface area (Å²) in [6.07, 6.45) is 1.58. The number of hydrogen-bond acceptors (Lipinski definition) is 3. The highest BCUT2D eigenvalue weighted by Crippen LogP contribution is 2.54. The van der Waals surface area contributed by atoms with Crippen LogP contribution in [0.5, 0.6) is 0 Å². The average molecular weight is 158 g/mol. The van der Waals surface area contributed by atoms with Gasteiger partial charge in [0.25, 0.3) is 0 Å². The fourth-order valence-corrected chi connectivity index (χ4v) is 1.51. The quantitative estimate of drug-likeness (QED) is 0.611. The molecule has 1 saturated carbocycles. The van der Waals surface area contributed by atoms with E-state index in [-0.39, 0.29) is 18.0 Å². The molecule has 1 aliphatic rings. The van der Waals surface area contributed by atoms with E-state index in [1.807, 2.05) is 6.92 Å². The fraction of sp³-hybridized carbons (Fsp3) is 0.875. The molecule has 3 nitrogen and oxygen atoms in total. The Hall–Kier alpha value is -0.570. The van der Waals surface area contributed by atoms with E-state index in [1.165, 1.54) is 7.11 Å². The number of ether oxygens (including phenoxy) is 1. The minimum atomic E-state index is -0.294. The van der Waals surface area contributed by atoms with Crippen molar-refractivity contribution in [2.75, 3.05) is 13.7 Å². The molecular formula is C8H14O3. The Morgan fingerprint density at radius 1 is 1.82 bits per heavy atom. The summed E-state index contributed by atoms with van der Waals surface area (Å²) in [6.45, 7) is 2.05. The van der Waals surface area contributed by atoms with Gasteiger partial charge < -0.3 is 9.84 Å². The van der Waals surface area contributed by atoms with E-state index >= 15 is 0 Å². The lowest BCUT2D eigenvalue weighted by Crippen LogP contribution is -2.16. The van der Waals surface area contributed by atoms with E-state index in [1.54, 1.807) is 0 Å². The van der Waals surface area contributed by atoms with Gasteiger partial charge >= 0.3 is 5.97 Å². The molecule has 0 heterocycles. The van der Waals surface area contributed by atoms with Gasteiger partial charge in [-0.3, -0.25) is 4.79 Å². The molecule has 0 aliphatic heterocycles. The van der Waals surface area contributed by atoms with Crippen molar-refractivity contribution in [1.82, 2.24) is 0 Å². The number of rotatable bonds is 3. The molecule has 64 valence electrons. The van der Waals surface area contributed by atoms with Crippen molar-refractivity contribution >= 4 is 5.97 Å². The third-order valence-electron chi connectivity index (χ3n) is 2.54. The van der Waals surface area contributed by atoms with Gasteiger partial charge in [-0.2, -0.15) is 0 Å². The number of carbonyl (C=O) groups excluding carboxylic acids is 1. The van der Waals surface area contributed by atoms with E-state index in [9.17, 15) is 4.79 Å². The SMILES string of the molecule is COC(=O)[C@@]1(C)C[C@H]1CCO. The maximum absolute atomic E-state index is 11.1. The molecule has 0 amide bonds. The van der Waals surface area contributed by atoms with Crippen molar-refractivity contribution in [3.05, 3.63) is 0 Å². The molecule has 1 rings (SSSR count). The third kappa shape index (κ3) is 1.38. The number of aliphatic hydroxyl groups is 1. The topological polar surface area (TPSA) is 46.5 Å². The lowest BCUT2D eigenvalue weighted by atomic mass is 10.1. The molecule has 0 aromatic rings. The first-order valence-corrected chi connectivity index (χ1v) is 3.84. The van der Waals surface area contributed by atoms with Crippen molar-refractivity contribution in [1.29, 1.82) is 0 Å². The molecule has 1 N–H and O–H groups in total. The lowest BCUT2D eigenvalue weighted by molar-refractivity contribution is -0.147. The second-order valence-corrected chi connectivity index (χ2v) is 3.32. The van der Waals surface area contributed by atoms with Gasteiger partial charge in [0, 0.05) is 6.61 Å².